The number of hydrogen-bond donors (Lipinski definition) is 2. The first kappa shape index (κ1) is 11.7. The summed E-state index contributed by atoms with van der Waals surface area (Å²) in [4.78, 5) is 22.1. The Balaban J connectivity index is 2.13. The molecular weight excluding hydrogens is 266 g/mol. The van der Waals surface area contributed by atoms with Gasteiger partial charge in [-0.05, 0) is 18.2 Å². The summed E-state index contributed by atoms with van der Waals surface area (Å²) in [5, 5.41) is 10.2. The fourth-order valence-corrected chi connectivity index (χ4v) is 2.03. The van der Waals surface area contributed by atoms with Crippen LogP contribution in [0.25, 0.3) is 22.3 Å². The Morgan fingerprint density at radius 3 is 2.79 bits per heavy atom. The van der Waals surface area contributed by atoms with E-state index < -0.39 is 5.97 Å². The van der Waals surface area contributed by atoms with Crippen molar-refractivity contribution in [2.45, 2.75) is 0 Å². The van der Waals surface area contributed by atoms with Crippen LogP contribution in [0.2, 0.25) is 5.02 Å². The smallest absolute Gasteiger partial charge is 0.337 e. The number of H-pyrrole nitrogens is 1. The van der Waals surface area contributed by atoms with Crippen LogP contribution in [0.1, 0.15) is 10.4 Å². The monoisotopic (exact) mass is 273 g/mol. The molecule has 2 N–H and O–H groups in total. The van der Waals surface area contributed by atoms with Crippen molar-refractivity contribution in [2.75, 3.05) is 0 Å². The lowest BCUT2D eigenvalue weighted by atomic mass is 10.1. The van der Waals surface area contributed by atoms with E-state index in [1.165, 1.54) is 12.3 Å². The van der Waals surface area contributed by atoms with E-state index in [1.54, 1.807) is 24.5 Å². The van der Waals surface area contributed by atoms with Gasteiger partial charge in [0.05, 0.1) is 16.3 Å². The predicted octanol–water partition coefficient (Wildman–Crippen LogP) is 2.98. The van der Waals surface area contributed by atoms with Crippen molar-refractivity contribution in [3.05, 3.63) is 47.4 Å². The molecule has 0 aliphatic rings. The Morgan fingerprint density at radius 2 is 2.11 bits per heavy atom. The van der Waals surface area contributed by atoms with Gasteiger partial charge in [0.1, 0.15) is 5.65 Å². The second-order valence-corrected chi connectivity index (χ2v) is 4.43. The molecule has 3 rings (SSSR count). The van der Waals surface area contributed by atoms with E-state index in [4.69, 9.17) is 16.7 Å². The summed E-state index contributed by atoms with van der Waals surface area (Å²) in [6, 6.07) is 4.97. The largest absolute Gasteiger partial charge is 0.478 e. The third kappa shape index (κ3) is 2.04. The summed E-state index contributed by atoms with van der Waals surface area (Å²) in [6.45, 7) is 0. The number of carboxylic acids is 1. The SMILES string of the molecule is O=C(O)c1ccc(-c2c[nH]c3ncc(Cl)cc23)nc1. The van der Waals surface area contributed by atoms with Gasteiger partial charge in [0, 0.05) is 29.5 Å². The summed E-state index contributed by atoms with van der Waals surface area (Å²) in [5.41, 5.74) is 2.37. The minimum absolute atomic E-state index is 0.153. The molecule has 0 spiro atoms. The van der Waals surface area contributed by atoms with Crippen LogP contribution in [0.5, 0.6) is 0 Å². The predicted molar refractivity (Wildman–Crippen MR) is 71.3 cm³/mol. The highest BCUT2D eigenvalue weighted by Gasteiger charge is 2.10. The molecule has 19 heavy (non-hydrogen) atoms. The maximum Gasteiger partial charge on any atom is 0.337 e. The molecule has 0 fully saturated rings. The number of aromatic amines is 1. The Hall–Kier alpha value is -2.40. The molecule has 0 amide bonds. The number of carboxylic acid groups (broad SMARTS) is 1. The van der Waals surface area contributed by atoms with Gasteiger partial charge in [-0.3, -0.25) is 4.98 Å². The second kappa shape index (κ2) is 4.37. The van der Waals surface area contributed by atoms with Crippen LogP contribution in [0.3, 0.4) is 0 Å². The average Bonchev–Trinajstić information content (AvgIpc) is 2.81. The molecule has 3 aromatic heterocycles. The summed E-state index contributed by atoms with van der Waals surface area (Å²) < 4.78 is 0. The fourth-order valence-electron chi connectivity index (χ4n) is 1.87. The number of hydrogen-bond acceptors (Lipinski definition) is 3. The molecule has 3 heterocycles. The van der Waals surface area contributed by atoms with Gasteiger partial charge in [0.25, 0.3) is 0 Å². The van der Waals surface area contributed by atoms with Crippen molar-refractivity contribution < 1.29 is 9.90 Å². The summed E-state index contributed by atoms with van der Waals surface area (Å²) in [7, 11) is 0. The molecule has 0 aliphatic carbocycles. The number of aromatic nitrogens is 3. The van der Waals surface area contributed by atoms with Crippen LogP contribution in [-0.2, 0) is 0 Å². The lowest BCUT2D eigenvalue weighted by Gasteiger charge is -2.00. The third-order valence-electron chi connectivity index (χ3n) is 2.78. The van der Waals surface area contributed by atoms with Crippen molar-refractivity contribution in [1.82, 2.24) is 15.0 Å². The quantitative estimate of drug-likeness (QED) is 0.752. The van der Waals surface area contributed by atoms with Crippen LogP contribution in [0, 0.1) is 0 Å². The van der Waals surface area contributed by atoms with Crippen molar-refractivity contribution >= 4 is 28.6 Å². The molecule has 6 heteroatoms. The lowest BCUT2D eigenvalue weighted by Crippen LogP contribution is -1.96. The van der Waals surface area contributed by atoms with Gasteiger partial charge in [-0.2, -0.15) is 0 Å². The summed E-state index contributed by atoms with van der Waals surface area (Å²) in [5.74, 6) is -0.998. The first-order chi connectivity index (χ1) is 9.15. The second-order valence-electron chi connectivity index (χ2n) is 3.99. The van der Waals surface area contributed by atoms with Gasteiger partial charge in [-0.25, -0.2) is 9.78 Å². The third-order valence-corrected chi connectivity index (χ3v) is 2.99. The number of pyridine rings is 2. The van der Waals surface area contributed by atoms with Crippen molar-refractivity contribution in [2.24, 2.45) is 0 Å². The Bertz CT molecular complexity index is 765. The normalized spacial score (nSPS) is 10.8. The average molecular weight is 274 g/mol. The molecular formula is C13H8ClN3O2. The highest BCUT2D eigenvalue weighted by atomic mass is 35.5. The van der Waals surface area contributed by atoms with E-state index in [9.17, 15) is 4.79 Å². The molecule has 94 valence electrons. The number of carbonyl (C=O) groups is 1. The van der Waals surface area contributed by atoms with Crippen LogP contribution in [-0.4, -0.2) is 26.0 Å². The lowest BCUT2D eigenvalue weighted by molar-refractivity contribution is 0.0696. The molecule has 5 nitrogen and oxygen atoms in total. The first-order valence-corrected chi connectivity index (χ1v) is 5.85. The van der Waals surface area contributed by atoms with Gasteiger partial charge in [0.2, 0.25) is 0 Å². The number of nitrogens with zero attached hydrogens (tertiary/aromatic N) is 2. The number of aromatic carboxylic acids is 1. The highest BCUT2D eigenvalue weighted by Crippen LogP contribution is 2.27. The van der Waals surface area contributed by atoms with Gasteiger partial charge < -0.3 is 10.1 Å². The number of nitrogens with one attached hydrogen (secondary N) is 1. The zero-order valence-corrected chi connectivity index (χ0v) is 10.3. The Morgan fingerprint density at radius 1 is 1.26 bits per heavy atom. The zero-order chi connectivity index (χ0) is 13.4. The van der Waals surface area contributed by atoms with Crippen LogP contribution >= 0.6 is 11.6 Å². The van der Waals surface area contributed by atoms with Gasteiger partial charge in [-0.1, -0.05) is 11.6 Å². The molecule has 0 aromatic carbocycles. The molecule has 0 saturated carbocycles. The van der Waals surface area contributed by atoms with Crippen LogP contribution in [0.15, 0.2) is 36.8 Å². The van der Waals surface area contributed by atoms with E-state index in [0.29, 0.717) is 16.4 Å². The zero-order valence-electron chi connectivity index (χ0n) is 9.59. The number of halogens is 1. The van der Waals surface area contributed by atoms with Gasteiger partial charge in [-0.15, -0.1) is 0 Å². The molecule has 3 aromatic rings. The maximum absolute atomic E-state index is 10.8. The minimum atomic E-state index is -0.998. The molecule has 0 bridgehead atoms. The van der Waals surface area contributed by atoms with E-state index >= 15 is 0 Å². The highest BCUT2D eigenvalue weighted by molar-refractivity contribution is 6.31. The Labute approximate surface area is 112 Å². The molecule has 0 unspecified atom stereocenters. The van der Waals surface area contributed by atoms with Crippen LogP contribution in [0.4, 0.5) is 0 Å². The number of fused-ring (bicyclic) bond motifs is 1. The minimum Gasteiger partial charge on any atom is -0.478 e. The summed E-state index contributed by atoms with van der Waals surface area (Å²) in [6.07, 6.45) is 4.66. The maximum atomic E-state index is 10.8. The van der Waals surface area contributed by atoms with Crippen LogP contribution < -0.4 is 0 Å². The molecule has 0 radical (unpaired) electrons. The van der Waals surface area contributed by atoms with E-state index in [1.807, 2.05) is 0 Å². The molecule has 0 aliphatic heterocycles. The molecule has 0 atom stereocenters. The van der Waals surface area contributed by atoms with E-state index in [0.717, 1.165) is 10.9 Å². The Kier molecular flexibility index (Phi) is 2.68. The van der Waals surface area contributed by atoms with Crippen molar-refractivity contribution in [3.63, 3.8) is 0 Å². The standard InChI is InChI=1S/C13H8ClN3O2/c14-8-3-9-10(6-17-12(9)16-5-8)11-2-1-7(4-15-11)13(18)19/h1-6H,(H,16,17)(H,18,19). The topological polar surface area (TPSA) is 78.9 Å². The summed E-state index contributed by atoms with van der Waals surface area (Å²) >= 11 is 5.93. The number of rotatable bonds is 2. The van der Waals surface area contributed by atoms with E-state index in [-0.39, 0.29) is 5.56 Å². The van der Waals surface area contributed by atoms with E-state index in [2.05, 4.69) is 15.0 Å². The van der Waals surface area contributed by atoms with Crippen molar-refractivity contribution in [1.29, 1.82) is 0 Å². The fraction of sp³-hybridized carbons (Fsp3) is 0. The first-order valence-electron chi connectivity index (χ1n) is 5.47. The molecule has 0 saturated heterocycles. The van der Waals surface area contributed by atoms with Gasteiger partial charge in [0.15, 0.2) is 0 Å². The van der Waals surface area contributed by atoms with Crippen molar-refractivity contribution in [3.8, 4) is 11.3 Å². The van der Waals surface area contributed by atoms with Gasteiger partial charge >= 0.3 is 5.97 Å².